The average molecular weight is 332 g/mol. The highest BCUT2D eigenvalue weighted by Crippen LogP contribution is 2.46. The first-order valence-corrected chi connectivity index (χ1v) is 8.98. The lowest BCUT2D eigenvalue weighted by Gasteiger charge is -2.16. The lowest BCUT2D eigenvalue weighted by molar-refractivity contribution is 0.229. The van der Waals surface area contributed by atoms with Gasteiger partial charge in [-0.05, 0) is 36.8 Å². The van der Waals surface area contributed by atoms with Crippen molar-refractivity contribution in [1.82, 2.24) is 0 Å². The Morgan fingerprint density at radius 1 is 1.00 bits per heavy atom. The van der Waals surface area contributed by atoms with Gasteiger partial charge in [0.15, 0.2) is 5.30 Å². The molecule has 3 rings (SSSR count). The summed E-state index contributed by atoms with van der Waals surface area (Å²) in [7, 11) is -3.70. The van der Waals surface area contributed by atoms with E-state index in [0.717, 1.165) is 10.8 Å². The van der Waals surface area contributed by atoms with Crippen molar-refractivity contribution >= 4 is 34.6 Å². The Labute approximate surface area is 133 Å². The van der Waals surface area contributed by atoms with Gasteiger partial charge in [-0.15, -0.1) is 0 Å². The largest absolute Gasteiger partial charge is 0.422 e. The van der Waals surface area contributed by atoms with Crippen LogP contribution in [0.2, 0.25) is 0 Å². The Morgan fingerprint density at radius 3 is 2.39 bits per heavy atom. The van der Waals surface area contributed by atoms with Crippen molar-refractivity contribution in [3.05, 3.63) is 52.9 Å². The summed E-state index contributed by atoms with van der Waals surface area (Å²) in [5.74, 6) is 0. The molecule has 1 aromatic heterocycles. The van der Waals surface area contributed by atoms with Crippen molar-refractivity contribution < 1.29 is 18.0 Å². The molecule has 0 spiro atoms. The molecule has 1 heterocycles. The third-order valence-corrected chi connectivity index (χ3v) is 5.61. The standard InChI is InChI=1S/C17H17O5P/c1-3-20-23(19,21-4-2)16-11-14-13-8-6-5-7-12(13)9-10-15(14)22-17(16)18/h5-11H,3-4H2,1-2H3. The van der Waals surface area contributed by atoms with Crippen molar-refractivity contribution in [1.29, 1.82) is 0 Å². The van der Waals surface area contributed by atoms with Gasteiger partial charge < -0.3 is 13.5 Å². The Morgan fingerprint density at radius 2 is 1.70 bits per heavy atom. The predicted molar refractivity (Wildman–Crippen MR) is 90.5 cm³/mol. The number of rotatable bonds is 5. The van der Waals surface area contributed by atoms with Crippen LogP contribution in [0.3, 0.4) is 0 Å². The molecule has 0 aliphatic heterocycles. The summed E-state index contributed by atoms with van der Waals surface area (Å²) in [4.78, 5) is 12.3. The first-order valence-electron chi connectivity index (χ1n) is 7.44. The van der Waals surface area contributed by atoms with Crippen molar-refractivity contribution in [2.45, 2.75) is 13.8 Å². The molecule has 0 atom stereocenters. The van der Waals surface area contributed by atoms with Crippen LogP contribution >= 0.6 is 7.60 Å². The van der Waals surface area contributed by atoms with Gasteiger partial charge in [-0.2, -0.15) is 0 Å². The summed E-state index contributed by atoms with van der Waals surface area (Å²) in [5, 5.41) is 2.55. The Kier molecular flexibility index (Phi) is 4.35. The van der Waals surface area contributed by atoms with Gasteiger partial charge >= 0.3 is 13.2 Å². The minimum absolute atomic E-state index is 0.0648. The number of benzene rings is 2. The summed E-state index contributed by atoms with van der Waals surface area (Å²) < 4.78 is 28.8. The van der Waals surface area contributed by atoms with E-state index in [9.17, 15) is 9.36 Å². The highest BCUT2D eigenvalue weighted by molar-refractivity contribution is 7.62. The highest BCUT2D eigenvalue weighted by atomic mass is 31.2. The normalized spacial score (nSPS) is 12.1. The van der Waals surface area contributed by atoms with E-state index in [-0.39, 0.29) is 18.5 Å². The monoisotopic (exact) mass is 332 g/mol. The Bertz CT molecular complexity index is 950. The van der Waals surface area contributed by atoms with Crippen LogP contribution in [0.5, 0.6) is 0 Å². The zero-order chi connectivity index (χ0) is 16.4. The number of hydrogen-bond donors (Lipinski definition) is 0. The van der Waals surface area contributed by atoms with E-state index < -0.39 is 13.2 Å². The van der Waals surface area contributed by atoms with Gasteiger partial charge in [0.2, 0.25) is 0 Å². The maximum Gasteiger partial charge on any atom is 0.368 e. The van der Waals surface area contributed by atoms with Crippen LogP contribution in [0.1, 0.15) is 13.8 Å². The van der Waals surface area contributed by atoms with Gasteiger partial charge in [-0.25, -0.2) is 4.79 Å². The molecule has 0 saturated heterocycles. The van der Waals surface area contributed by atoms with Crippen molar-refractivity contribution in [2.75, 3.05) is 13.2 Å². The third kappa shape index (κ3) is 2.83. The van der Waals surface area contributed by atoms with Gasteiger partial charge in [0, 0.05) is 5.39 Å². The van der Waals surface area contributed by atoms with Gasteiger partial charge in [0.1, 0.15) is 5.58 Å². The first-order chi connectivity index (χ1) is 11.1. The zero-order valence-electron chi connectivity index (χ0n) is 12.9. The van der Waals surface area contributed by atoms with Crippen LogP contribution in [0, 0.1) is 0 Å². The molecule has 0 aliphatic rings. The second-order valence-electron chi connectivity index (χ2n) is 4.95. The van der Waals surface area contributed by atoms with Gasteiger partial charge in [0.25, 0.3) is 0 Å². The SMILES string of the molecule is CCOP(=O)(OCC)c1cc2c(ccc3ccccc32)oc1=O. The van der Waals surface area contributed by atoms with Crippen LogP contribution in [0.25, 0.3) is 21.7 Å². The van der Waals surface area contributed by atoms with E-state index in [4.69, 9.17) is 13.5 Å². The van der Waals surface area contributed by atoms with Crippen LogP contribution in [-0.4, -0.2) is 13.2 Å². The van der Waals surface area contributed by atoms with Gasteiger partial charge in [-0.1, -0.05) is 30.3 Å². The molecule has 0 unspecified atom stereocenters. The maximum atomic E-state index is 12.9. The molecule has 0 amide bonds. The summed E-state index contributed by atoms with van der Waals surface area (Å²) >= 11 is 0. The average Bonchev–Trinajstić information content (AvgIpc) is 2.54. The molecule has 6 heteroatoms. The molecule has 0 radical (unpaired) electrons. The molecule has 2 aromatic carbocycles. The molecular weight excluding hydrogens is 315 g/mol. The molecule has 3 aromatic rings. The molecule has 0 bridgehead atoms. The van der Waals surface area contributed by atoms with E-state index in [2.05, 4.69) is 0 Å². The van der Waals surface area contributed by atoms with Crippen LogP contribution < -0.4 is 10.9 Å². The lowest BCUT2D eigenvalue weighted by atomic mass is 10.1. The Hall–Kier alpha value is -1.94. The van der Waals surface area contributed by atoms with Gasteiger partial charge in [0.05, 0.1) is 13.2 Å². The van der Waals surface area contributed by atoms with Crippen LogP contribution in [-0.2, 0) is 13.6 Å². The summed E-state index contributed by atoms with van der Waals surface area (Å²) in [6.07, 6.45) is 0. The smallest absolute Gasteiger partial charge is 0.368 e. The molecular formula is C17H17O5P. The molecule has 23 heavy (non-hydrogen) atoms. The second kappa shape index (κ2) is 6.28. The third-order valence-electron chi connectivity index (χ3n) is 3.52. The molecule has 0 fully saturated rings. The first kappa shape index (κ1) is 15.9. The van der Waals surface area contributed by atoms with Crippen LogP contribution in [0.15, 0.2) is 51.7 Å². The van der Waals surface area contributed by atoms with Crippen LogP contribution in [0.4, 0.5) is 0 Å². The summed E-state index contributed by atoms with van der Waals surface area (Å²) in [5.41, 5.74) is -0.255. The van der Waals surface area contributed by atoms with E-state index in [1.54, 1.807) is 26.0 Å². The van der Waals surface area contributed by atoms with Crippen molar-refractivity contribution in [3.8, 4) is 0 Å². The van der Waals surface area contributed by atoms with E-state index in [0.29, 0.717) is 11.0 Å². The molecule has 0 aliphatic carbocycles. The molecule has 0 saturated carbocycles. The van der Waals surface area contributed by atoms with Crippen molar-refractivity contribution in [3.63, 3.8) is 0 Å². The van der Waals surface area contributed by atoms with E-state index >= 15 is 0 Å². The molecule has 5 nitrogen and oxygen atoms in total. The fraction of sp³-hybridized carbons (Fsp3) is 0.235. The maximum absolute atomic E-state index is 12.9. The zero-order valence-corrected chi connectivity index (χ0v) is 13.8. The highest BCUT2D eigenvalue weighted by Gasteiger charge is 2.31. The van der Waals surface area contributed by atoms with Gasteiger partial charge in [-0.3, -0.25) is 4.57 Å². The summed E-state index contributed by atoms with van der Waals surface area (Å²) in [6.45, 7) is 3.74. The number of hydrogen-bond acceptors (Lipinski definition) is 5. The number of fused-ring (bicyclic) bond motifs is 3. The van der Waals surface area contributed by atoms with E-state index in [1.807, 2.05) is 30.3 Å². The molecule has 120 valence electrons. The minimum atomic E-state index is -3.70. The molecule has 0 N–H and O–H groups in total. The fourth-order valence-corrected chi connectivity index (χ4v) is 4.16. The minimum Gasteiger partial charge on any atom is -0.422 e. The second-order valence-corrected chi connectivity index (χ2v) is 6.94. The van der Waals surface area contributed by atoms with E-state index in [1.165, 1.54) is 0 Å². The topological polar surface area (TPSA) is 65.7 Å². The predicted octanol–water partition coefficient (Wildman–Crippen LogP) is 3.84. The summed E-state index contributed by atoms with van der Waals surface area (Å²) in [6, 6.07) is 12.9. The van der Waals surface area contributed by atoms with Crippen molar-refractivity contribution in [2.24, 2.45) is 0 Å². The fourth-order valence-electron chi connectivity index (χ4n) is 2.57. The Balaban J connectivity index is 2.33. The quantitative estimate of drug-likeness (QED) is 0.403. The lowest BCUT2D eigenvalue weighted by Crippen LogP contribution is -2.26.